The molecule has 2 aliphatic rings. The Labute approximate surface area is 154 Å². The molecule has 2 aliphatic carbocycles. The summed E-state index contributed by atoms with van der Waals surface area (Å²) in [6, 6.07) is 0. The molecular formula is C19H30N2O5. The molecule has 0 spiro atoms. The van der Waals surface area contributed by atoms with Gasteiger partial charge in [0.15, 0.2) is 6.61 Å². The zero-order valence-corrected chi connectivity index (χ0v) is 16.2. The highest BCUT2D eigenvalue weighted by atomic mass is 16.5. The fourth-order valence-corrected chi connectivity index (χ4v) is 3.79. The highest BCUT2D eigenvalue weighted by molar-refractivity contribution is 5.88. The van der Waals surface area contributed by atoms with Crippen molar-refractivity contribution in [3.8, 4) is 0 Å². The van der Waals surface area contributed by atoms with Gasteiger partial charge in [0, 0.05) is 24.4 Å². The van der Waals surface area contributed by atoms with Crippen LogP contribution in [0.4, 0.5) is 0 Å². The van der Waals surface area contributed by atoms with Gasteiger partial charge in [-0.25, -0.2) is 0 Å². The zero-order chi connectivity index (χ0) is 19.5. The number of carbonyl (C=O) groups excluding carboxylic acids is 4. The van der Waals surface area contributed by atoms with Crippen molar-refractivity contribution in [2.75, 3.05) is 20.2 Å². The van der Waals surface area contributed by atoms with E-state index in [4.69, 9.17) is 4.74 Å². The van der Waals surface area contributed by atoms with Crippen LogP contribution in [0.2, 0.25) is 0 Å². The van der Waals surface area contributed by atoms with Gasteiger partial charge in [0.1, 0.15) is 5.78 Å². The summed E-state index contributed by atoms with van der Waals surface area (Å²) in [5.74, 6) is -1.16. The molecule has 7 nitrogen and oxygen atoms in total. The average Bonchev–Trinajstić information content (AvgIpc) is 2.49. The van der Waals surface area contributed by atoms with Gasteiger partial charge in [0.05, 0.1) is 12.5 Å². The molecule has 2 bridgehead atoms. The molecule has 3 atom stereocenters. The molecule has 0 aromatic heterocycles. The predicted octanol–water partition coefficient (Wildman–Crippen LogP) is 1.30. The minimum atomic E-state index is -0.422. The van der Waals surface area contributed by atoms with Crippen molar-refractivity contribution >= 4 is 23.6 Å². The SMILES string of the molecule is CN(CC(=O)NC(C)(C)C)C(=O)COC(=O)C1C[C@H]2CCC[C@@H](C1)C2=O. The molecule has 26 heavy (non-hydrogen) atoms. The molecule has 2 rings (SSSR count). The minimum absolute atomic E-state index is 0.0282. The lowest BCUT2D eigenvalue weighted by molar-refractivity contribution is -0.158. The molecular weight excluding hydrogens is 336 g/mol. The first-order valence-corrected chi connectivity index (χ1v) is 9.32. The van der Waals surface area contributed by atoms with Crippen LogP contribution in [0.5, 0.6) is 0 Å². The summed E-state index contributed by atoms with van der Waals surface area (Å²) in [4.78, 5) is 49.6. The van der Waals surface area contributed by atoms with Gasteiger partial charge in [-0.3, -0.25) is 19.2 Å². The number of carbonyl (C=O) groups is 4. The quantitative estimate of drug-likeness (QED) is 0.740. The van der Waals surface area contributed by atoms with E-state index in [2.05, 4.69) is 5.32 Å². The van der Waals surface area contributed by atoms with Crippen LogP contribution in [-0.2, 0) is 23.9 Å². The van der Waals surface area contributed by atoms with Gasteiger partial charge >= 0.3 is 5.97 Å². The molecule has 0 aliphatic heterocycles. The van der Waals surface area contributed by atoms with Gasteiger partial charge in [-0.2, -0.15) is 0 Å². The van der Waals surface area contributed by atoms with E-state index in [9.17, 15) is 19.2 Å². The van der Waals surface area contributed by atoms with Crippen LogP contribution >= 0.6 is 0 Å². The number of amides is 2. The highest BCUT2D eigenvalue weighted by Crippen LogP contribution is 2.40. The van der Waals surface area contributed by atoms with Gasteiger partial charge < -0.3 is 15.0 Å². The topological polar surface area (TPSA) is 92.8 Å². The summed E-state index contributed by atoms with van der Waals surface area (Å²) in [6.07, 6.45) is 3.81. The molecule has 0 radical (unpaired) electrons. The van der Waals surface area contributed by atoms with Gasteiger partial charge in [0.2, 0.25) is 5.91 Å². The molecule has 2 fully saturated rings. The Morgan fingerprint density at radius 3 is 2.27 bits per heavy atom. The van der Waals surface area contributed by atoms with Crippen molar-refractivity contribution in [1.82, 2.24) is 10.2 Å². The number of nitrogens with zero attached hydrogens (tertiary/aromatic N) is 1. The predicted molar refractivity (Wildman–Crippen MR) is 95.1 cm³/mol. The third-order valence-corrected chi connectivity index (χ3v) is 5.04. The first-order valence-electron chi connectivity index (χ1n) is 9.32. The Morgan fingerprint density at radius 1 is 1.15 bits per heavy atom. The van der Waals surface area contributed by atoms with E-state index in [-0.39, 0.29) is 42.4 Å². The van der Waals surface area contributed by atoms with Crippen LogP contribution in [0, 0.1) is 17.8 Å². The van der Waals surface area contributed by atoms with Crippen molar-refractivity contribution in [3.63, 3.8) is 0 Å². The summed E-state index contributed by atoms with van der Waals surface area (Å²) in [7, 11) is 1.50. The number of rotatable bonds is 5. The average molecular weight is 366 g/mol. The number of likely N-dealkylation sites (N-methyl/N-ethyl adjacent to an activating group) is 1. The smallest absolute Gasteiger partial charge is 0.309 e. The van der Waals surface area contributed by atoms with Crippen molar-refractivity contribution in [2.24, 2.45) is 17.8 Å². The fourth-order valence-electron chi connectivity index (χ4n) is 3.79. The van der Waals surface area contributed by atoms with Crippen molar-refractivity contribution in [1.29, 1.82) is 0 Å². The Hall–Kier alpha value is -1.92. The molecule has 1 N–H and O–H groups in total. The van der Waals surface area contributed by atoms with Crippen molar-refractivity contribution < 1.29 is 23.9 Å². The second-order valence-corrected chi connectivity index (χ2v) is 8.55. The number of hydrogen-bond acceptors (Lipinski definition) is 5. The van der Waals surface area contributed by atoms with Crippen molar-refractivity contribution in [3.05, 3.63) is 0 Å². The number of ketones is 1. The number of Topliss-reactive ketones (excluding diaryl/α,β-unsaturated/α-hetero) is 1. The second-order valence-electron chi connectivity index (χ2n) is 8.55. The molecule has 0 aromatic rings. The fraction of sp³-hybridized carbons (Fsp3) is 0.789. The third-order valence-electron chi connectivity index (χ3n) is 5.04. The molecule has 7 heteroatoms. The molecule has 2 saturated carbocycles. The van der Waals surface area contributed by atoms with E-state index in [1.807, 2.05) is 20.8 Å². The van der Waals surface area contributed by atoms with E-state index in [1.54, 1.807) is 0 Å². The van der Waals surface area contributed by atoms with Crippen LogP contribution in [0.3, 0.4) is 0 Å². The van der Waals surface area contributed by atoms with E-state index in [0.717, 1.165) is 19.3 Å². The highest BCUT2D eigenvalue weighted by Gasteiger charge is 2.41. The van der Waals surface area contributed by atoms with Gasteiger partial charge in [-0.05, 0) is 46.5 Å². The lowest BCUT2D eigenvalue weighted by Crippen LogP contribution is -2.47. The van der Waals surface area contributed by atoms with Crippen LogP contribution < -0.4 is 5.32 Å². The second kappa shape index (κ2) is 8.18. The van der Waals surface area contributed by atoms with Crippen LogP contribution in [-0.4, -0.2) is 54.2 Å². The van der Waals surface area contributed by atoms with Crippen molar-refractivity contribution in [2.45, 2.75) is 58.4 Å². The van der Waals surface area contributed by atoms with Crippen LogP contribution in [0.25, 0.3) is 0 Å². The third kappa shape index (κ3) is 5.54. The molecule has 1 unspecified atom stereocenters. The normalized spacial score (nSPS) is 25.4. The van der Waals surface area contributed by atoms with Gasteiger partial charge in [0.25, 0.3) is 5.91 Å². The molecule has 0 saturated heterocycles. The van der Waals surface area contributed by atoms with Gasteiger partial charge in [-0.15, -0.1) is 0 Å². The van der Waals surface area contributed by atoms with E-state index in [1.165, 1.54) is 11.9 Å². The number of esters is 1. The zero-order valence-electron chi connectivity index (χ0n) is 16.2. The lowest BCUT2D eigenvalue weighted by atomic mass is 9.67. The van der Waals surface area contributed by atoms with E-state index >= 15 is 0 Å². The summed E-state index contributed by atoms with van der Waals surface area (Å²) < 4.78 is 5.17. The van der Waals surface area contributed by atoms with Crippen LogP contribution in [0.1, 0.15) is 52.9 Å². The number of ether oxygens (including phenoxy) is 1. The monoisotopic (exact) mass is 366 g/mol. The number of nitrogens with one attached hydrogen (secondary N) is 1. The summed E-state index contributed by atoms with van der Waals surface area (Å²) in [5.41, 5.74) is -0.371. The number of fused-ring (bicyclic) bond motifs is 2. The van der Waals surface area contributed by atoms with Gasteiger partial charge in [-0.1, -0.05) is 6.42 Å². The molecule has 0 aromatic carbocycles. The Bertz CT molecular complexity index is 565. The Balaban J connectivity index is 1.77. The largest absolute Gasteiger partial charge is 0.455 e. The van der Waals surface area contributed by atoms with Crippen LogP contribution in [0.15, 0.2) is 0 Å². The molecule has 0 heterocycles. The summed E-state index contributed by atoms with van der Waals surface area (Å²) in [5, 5.41) is 2.78. The maximum Gasteiger partial charge on any atom is 0.309 e. The summed E-state index contributed by atoms with van der Waals surface area (Å²) in [6.45, 7) is 5.12. The Morgan fingerprint density at radius 2 is 1.73 bits per heavy atom. The standard InChI is InChI=1S/C19H30N2O5/c1-19(2,3)20-15(22)10-21(4)16(23)11-26-18(25)14-8-12-6-5-7-13(9-14)17(12)24/h12-14H,5-11H2,1-4H3,(H,20,22)/t12-,13+,14?. The number of hydrogen-bond donors (Lipinski definition) is 1. The molecule has 2 amide bonds. The first-order chi connectivity index (χ1) is 12.1. The minimum Gasteiger partial charge on any atom is -0.455 e. The lowest BCUT2D eigenvalue weighted by Gasteiger charge is -2.36. The molecule has 146 valence electrons. The maximum absolute atomic E-state index is 12.3. The van der Waals surface area contributed by atoms with E-state index < -0.39 is 11.9 Å². The van der Waals surface area contributed by atoms with E-state index in [0.29, 0.717) is 18.6 Å². The Kier molecular flexibility index (Phi) is 6.42. The maximum atomic E-state index is 12.3. The first kappa shape index (κ1) is 20.4. The summed E-state index contributed by atoms with van der Waals surface area (Å²) >= 11 is 0.